The minimum Gasteiger partial charge on any atom is -0.350 e. The minimum atomic E-state index is -0.130. The van der Waals surface area contributed by atoms with Crippen molar-refractivity contribution in [1.82, 2.24) is 15.2 Å². The predicted octanol–water partition coefficient (Wildman–Crippen LogP) is 6.97. The molecule has 1 saturated heterocycles. The van der Waals surface area contributed by atoms with E-state index < -0.39 is 0 Å². The van der Waals surface area contributed by atoms with Crippen LogP contribution in [0.15, 0.2) is 85.2 Å². The summed E-state index contributed by atoms with van der Waals surface area (Å²) in [5.41, 5.74) is 0.447. The van der Waals surface area contributed by atoms with Crippen LogP contribution in [0.5, 0.6) is 0 Å². The van der Waals surface area contributed by atoms with Crippen LogP contribution in [0.4, 0.5) is 0 Å². The van der Waals surface area contributed by atoms with Gasteiger partial charge in [0, 0.05) is 32.3 Å². The zero-order valence-electron chi connectivity index (χ0n) is 22.6. The maximum atomic E-state index is 12.5. The van der Waals surface area contributed by atoms with Crippen LogP contribution in [0.3, 0.4) is 0 Å². The fraction of sp³-hybridized carbons (Fsp3) is 0.469. The van der Waals surface area contributed by atoms with Gasteiger partial charge < -0.3 is 10.2 Å². The number of hydrogen-bond acceptors (Lipinski definition) is 3. The van der Waals surface area contributed by atoms with Crippen LogP contribution in [-0.4, -0.2) is 41.3 Å². The van der Waals surface area contributed by atoms with Crippen molar-refractivity contribution in [2.75, 3.05) is 19.6 Å². The van der Waals surface area contributed by atoms with Gasteiger partial charge in [0.2, 0.25) is 5.91 Å². The normalized spacial score (nSPS) is 15.2. The van der Waals surface area contributed by atoms with E-state index in [1.54, 1.807) is 18.3 Å². The van der Waals surface area contributed by atoms with Crippen molar-refractivity contribution in [1.29, 1.82) is 0 Å². The van der Waals surface area contributed by atoms with Gasteiger partial charge in [0.1, 0.15) is 5.69 Å². The zero-order chi connectivity index (χ0) is 26.4. The van der Waals surface area contributed by atoms with Crippen molar-refractivity contribution in [2.45, 2.75) is 71.1 Å². The molecule has 0 aromatic carbocycles. The van der Waals surface area contributed by atoms with E-state index in [1.807, 2.05) is 11.0 Å². The van der Waals surface area contributed by atoms with Gasteiger partial charge in [-0.1, -0.05) is 73.8 Å². The fourth-order valence-electron chi connectivity index (χ4n) is 4.11. The summed E-state index contributed by atoms with van der Waals surface area (Å²) < 4.78 is 0. The molecule has 2 rings (SSSR count). The highest BCUT2D eigenvalue weighted by molar-refractivity contribution is 5.92. The molecular formula is C32H45N3O2. The molecule has 1 fully saturated rings. The minimum absolute atomic E-state index is 0.130. The lowest BCUT2D eigenvalue weighted by Crippen LogP contribution is -2.41. The van der Waals surface area contributed by atoms with Crippen molar-refractivity contribution >= 4 is 11.8 Å². The molecule has 0 unspecified atom stereocenters. The van der Waals surface area contributed by atoms with Gasteiger partial charge in [-0.2, -0.15) is 0 Å². The molecule has 0 aliphatic carbocycles. The number of allylic oxidation sites excluding steroid dienone is 10. The molecule has 1 aliphatic rings. The average molecular weight is 504 g/mol. The molecule has 1 aromatic rings. The summed E-state index contributed by atoms with van der Waals surface area (Å²) >= 11 is 0. The van der Waals surface area contributed by atoms with Crippen LogP contribution in [-0.2, 0) is 4.79 Å². The number of piperidine rings is 1. The number of nitrogens with zero attached hydrogens (tertiary/aromatic N) is 2. The molecule has 1 aromatic heterocycles. The molecule has 2 amide bonds. The van der Waals surface area contributed by atoms with E-state index in [1.165, 1.54) is 0 Å². The lowest BCUT2D eigenvalue weighted by Gasteiger charge is -2.32. The van der Waals surface area contributed by atoms with Crippen LogP contribution >= 0.6 is 0 Å². The monoisotopic (exact) mass is 503 g/mol. The molecule has 2 heterocycles. The number of unbranched alkanes of at least 4 members (excludes halogenated alkanes) is 1. The third-order valence-electron chi connectivity index (χ3n) is 6.34. The van der Waals surface area contributed by atoms with E-state index >= 15 is 0 Å². The first-order chi connectivity index (χ1) is 18.2. The SMILES string of the molecule is CC/C=C\C/C=C\C/C=C\C/C=C\C/C=C\CCCC(=O)N1CCC(CNC(=O)c2ccccn2)CC1. The maximum Gasteiger partial charge on any atom is 0.269 e. The number of rotatable bonds is 16. The molecule has 0 bridgehead atoms. The number of amides is 2. The van der Waals surface area contributed by atoms with Crippen LogP contribution in [0, 0.1) is 5.92 Å². The Morgan fingerprint density at radius 1 is 0.892 bits per heavy atom. The Morgan fingerprint density at radius 3 is 2.05 bits per heavy atom. The average Bonchev–Trinajstić information content (AvgIpc) is 2.94. The Bertz CT molecular complexity index is 907. The Hall–Kier alpha value is -3.21. The number of nitrogens with one attached hydrogen (secondary N) is 1. The van der Waals surface area contributed by atoms with Crippen LogP contribution in [0.2, 0.25) is 0 Å². The molecule has 1 N–H and O–H groups in total. The molecule has 200 valence electrons. The third kappa shape index (κ3) is 14.2. The lowest BCUT2D eigenvalue weighted by molar-refractivity contribution is -0.132. The smallest absolute Gasteiger partial charge is 0.269 e. The van der Waals surface area contributed by atoms with Crippen molar-refractivity contribution in [3.8, 4) is 0 Å². The number of carbonyl (C=O) groups excluding carboxylic acids is 2. The zero-order valence-corrected chi connectivity index (χ0v) is 22.6. The number of likely N-dealkylation sites (tertiary alicyclic amines) is 1. The molecule has 37 heavy (non-hydrogen) atoms. The Morgan fingerprint density at radius 2 is 1.49 bits per heavy atom. The van der Waals surface area contributed by atoms with Gasteiger partial charge in [0.15, 0.2) is 0 Å². The van der Waals surface area contributed by atoms with E-state index in [2.05, 4.69) is 78.0 Å². The summed E-state index contributed by atoms with van der Waals surface area (Å²) in [5.74, 6) is 0.537. The summed E-state index contributed by atoms with van der Waals surface area (Å²) in [6.07, 6.45) is 33.0. The van der Waals surface area contributed by atoms with Crippen LogP contribution < -0.4 is 5.32 Å². The van der Waals surface area contributed by atoms with E-state index in [9.17, 15) is 9.59 Å². The summed E-state index contributed by atoms with van der Waals surface area (Å²) in [5, 5.41) is 2.97. The van der Waals surface area contributed by atoms with Gasteiger partial charge in [-0.25, -0.2) is 0 Å². The van der Waals surface area contributed by atoms with Gasteiger partial charge >= 0.3 is 0 Å². The summed E-state index contributed by atoms with van der Waals surface area (Å²) in [4.78, 5) is 30.7. The summed E-state index contributed by atoms with van der Waals surface area (Å²) in [6.45, 7) is 4.36. The lowest BCUT2D eigenvalue weighted by atomic mass is 9.96. The van der Waals surface area contributed by atoms with Gasteiger partial charge in [-0.3, -0.25) is 14.6 Å². The van der Waals surface area contributed by atoms with Crippen molar-refractivity contribution in [3.05, 3.63) is 90.9 Å². The Labute approximate surface area is 224 Å². The van der Waals surface area contributed by atoms with E-state index in [-0.39, 0.29) is 11.8 Å². The molecule has 0 spiro atoms. The van der Waals surface area contributed by atoms with Crippen molar-refractivity contribution < 1.29 is 9.59 Å². The van der Waals surface area contributed by atoms with Gasteiger partial charge in [0.25, 0.3) is 5.91 Å². The van der Waals surface area contributed by atoms with E-state index in [4.69, 9.17) is 0 Å². The quantitative estimate of drug-likeness (QED) is 0.196. The van der Waals surface area contributed by atoms with E-state index in [0.717, 1.165) is 70.9 Å². The first-order valence-electron chi connectivity index (χ1n) is 13.9. The Balaban J connectivity index is 1.46. The maximum absolute atomic E-state index is 12.5. The number of pyridine rings is 1. The highest BCUT2D eigenvalue weighted by atomic mass is 16.2. The summed E-state index contributed by atoms with van der Waals surface area (Å²) in [7, 11) is 0. The molecule has 0 radical (unpaired) electrons. The first-order valence-corrected chi connectivity index (χ1v) is 13.9. The molecule has 5 nitrogen and oxygen atoms in total. The molecule has 0 saturated carbocycles. The first kappa shape index (κ1) is 30.0. The summed E-state index contributed by atoms with van der Waals surface area (Å²) in [6, 6.07) is 5.33. The highest BCUT2D eigenvalue weighted by Crippen LogP contribution is 2.18. The second-order valence-electron chi connectivity index (χ2n) is 9.35. The van der Waals surface area contributed by atoms with Gasteiger partial charge in [0.05, 0.1) is 0 Å². The number of hydrogen-bond donors (Lipinski definition) is 1. The third-order valence-corrected chi connectivity index (χ3v) is 6.34. The van der Waals surface area contributed by atoms with Crippen molar-refractivity contribution in [3.63, 3.8) is 0 Å². The molecule has 0 atom stereocenters. The second-order valence-corrected chi connectivity index (χ2v) is 9.35. The number of carbonyl (C=O) groups is 2. The largest absolute Gasteiger partial charge is 0.350 e. The van der Waals surface area contributed by atoms with Crippen molar-refractivity contribution in [2.24, 2.45) is 5.92 Å². The van der Waals surface area contributed by atoms with E-state index in [0.29, 0.717) is 24.6 Å². The van der Waals surface area contributed by atoms with Crippen LogP contribution in [0.25, 0.3) is 0 Å². The second kappa shape index (κ2) is 19.9. The predicted molar refractivity (Wildman–Crippen MR) is 154 cm³/mol. The topological polar surface area (TPSA) is 62.3 Å². The van der Waals surface area contributed by atoms with Gasteiger partial charge in [-0.15, -0.1) is 0 Å². The standard InChI is InChI=1S/C32H45N3O2/c1-2-3-4-5-6-7-8-9-10-11-12-13-14-15-16-17-18-22-31(36)35-26-23-29(24-27-35)28-34-32(37)30-21-19-20-25-33-30/h3-4,6-7,9-10,12-13,15-16,19-21,25,29H,2,5,8,11,14,17-18,22-24,26-28H2,1H3,(H,34,37)/b4-3-,7-6-,10-9-,13-12-,16-15-. The molecule has 1 aliphatic heterocycles. The van der Waals surface area contributed by atoms with Gasteiger partial charge in [-0.05, 0) is 75.8 Å². The highest BCUT2D eigenvalue weighted by Gasteiger charge is 2.22. The van der Waals surface area contributed by atoms with Crippen LogP contribution in [0.1, 0.15) is 81.6 Å². The number of aromatic nitrogens is 1. The Kier molecular flexibility index (Phi) is 16.2. The molecule has 5 heteroatoms. The molecular weight excluding hydrogens is 458 g/mol. The fourth-order valence-corrected chi connectivity index (χ4v) is 4.11.